The molecule has 0 fully saturated rings. The molecule has 4 nitrogen and oxygen atoms in total. The molecule has 0 aliphatic heterocycles. The van der Waals surface area contributed by atoms with E-state index >= 15 is 0 Å². The van der Waals surface area contributed by atoms with E-state index < -0.39 is 0 Å². The van der Waals surface area contributed by atoms with Gasteiger partial charge in [-0.3, -0.25) is 0 Å². The van der Waals surface area contributed by atoms with Crippen LogP contribution in [-0.4, -0.2) is 19.9 Å². The second-order valence-electron chi connectivity index (χ2n) is 3.87. The van der Waals surface area contributed by atoms with Crippen LogP contribution in [0.5, 0.6) is 17.5 Å². The number of halogens is 1. The summed E-state index contributed by atoms with van der Waals surface area (Å²) < 4.78 is 1.16. The molecule has 2 rings (SSSR count). The van der Waals surface area contributed by atoms with Crippen LogP contribution in [0, 0.1) is 13.8 Å². The van der Waals surface area contributed by atoms with Crippen LogP contribution in [0.15, 0.2) is 18.2 Å². The zero-order chi connectivity index (χ0) is 12.7. The fourth-order valence-electron chi connectivity index (χ4n) is 1.68. The van der Waals surface area contributed by atoms with Crippen LogP contribution in [0.3, 0.4) is 0 Å². The molecule has 5 heteroatoms. The van der Waals surface area contributed by atoms with E-state index in [4.69, 9.17) is 11.6 Å². The van der Waals surface area contributed by atoms with E-state index in [2.05, 4.69) is 0 Å². The molecular weight excluding hydrogens is 242 g/mol. The smallest absolute Gasteiger partial charge is 0.202 e. The number of rotatable bonds is 1. The third-order valence-electron chi connectivity index (χ3n) is 2.84. The Labute approximate surface area is 103 Å². The molecule has 1 aromatic heterocycles. The van der Waals surface area contributed by atoms with Crippen molar-refractivity contribution in [2.75, 3.05) is 0 Å². The van der Waals surface area contributed by atoms with Crippen molar-refractivity contribution in [3.63, 3.8) is 0 Å². The minimum absolute atomic E-state index is 0.0741. The molecule has 17 heavy (non-hydrogen) atoms. The molecule has 1 aromatic carbocycles. The van der Waals surface area contributed by atoms with Crippen molar-refractivity contribution in [2.24, 2.45) is 0 Å². The third kappa shape index (κ3) is 1.70. The van der Waals surface area contributed by atoms with E-state index in [1.165, 1.54) is 18.2 Å². The molecule has 0 saturated heterocycles. The Bertz CT molecular complexity index is 564. The first-order chi connectivity index (χ1) is 7.93. The molecule has 0 spiro atoms. The van der Waals surface area contributed by atoms with E-state index in [0.29, 0.717) is 16.1 Å². The molecular formula is C12H12ClNO3. The number of hydrogen-bond donors (Lipinski definition) is 3. The molecule has 0 amide bonds. The van der Waals surface area contributed by atoms with Crippen molar-refractivity contribution < 1.29 is 15.3 Å². The second kappa shape index (κ2) is 3.89. The van der Waals surface area contributed by atoms with Gasteiger partial charge in [-0.25, -0.2) is 4.57 Å². The molecule has 0 radical (unpaired) electrons. The normalized spacial score (nSPS) is 10.8. The maximum Gasteiger partial charge on any atom is 0.202 e. The van der Waals surface area contributed by atoms with E-state index in [1.807, 2.05) is 0 Å². The van der Waals surface area contributed by atoms with Crippen LogP contribution in [0.25, 0.3) is 5.69 Å². The minimum Gasteiger partial charge on any atom is -0.506 e. The zero-order valence-electron chi connectivity index (χ0n) is 9.40. The third-order valence-corrected chi connectivity index (χ3v) is 3.07. The lowest BCUT2D eigenvalue weighted by atomic mass is 10.2. The van der Waals surface area contributed by atoms with Gasteiger partial charge in [-0.05, 0) is 32.0 Å². The summed E-state index contributed by atoms with van der Waals surface area (Å²) in [5.74, 6) is -0.301. The summed E-state index contributed by atoms with van der Waals surface area (Å²) in [7, 11) is 0. The Kier molecular flexibility index (Phi) is 2.67. The molecule has 0 unspecified atom stereocenters. The number of phenols is 1. The number of aromatic nitrogens is 1. The summed E-state index contributed by atoms with van der Waals surface area (Å²) in [6.07, 6.45) is 0. The molecule has 0 saturated carbocycles. The number of hydrogen-bond acceptors (Lipinski definition) is 3. The van der Waals surface area contributed by atoms with Gasteiger partial charge in [-0.2, -0.15) is 0 Å². The highest BCUT2D eigenvalue weighted by atomic mass is 35.5. The van der Waals surface area contributed by atoms with Gasteiger partial charge in [0.15, 0.2) is 0 Å². The first kappa shape index (κ1) is 11.7. The minimum atomic E-state index is -0.113. The van der Waals surface area contributed by atoms with Gasteiger partial charge in [-0.1, -0.05) is 11.6 Å². The summed E-state index contributed by atoms with van der Waals surface area (Å²) in [5, 5.41) is 30.0. The van der Waals surface area contributed by atoms with Gasteiger partial charge in [-0.15, -0.1) is 0 Å². The van der Waals surface area contributed by atoms with Gasteiger partial charge in [0.2, 0.25) is 11.8 Å². The average molecular weight is 254 g/mol. The van der Waals surface area contributed by atoms with Crippen molar-refractivity contribution in [1.29, 1.82) is 0 Å². The fourth-order valence-corrected chi connectivity index (χ4v) is 1.84. The Morgan fingerprint density at radius 3 is 2.06 bits per heavy atom. The largest absolute Gasteiger partial charge is 0.506 e. The lowest BCUT2D eigenvalue weighted by Gasteiger charge is -2.09. The van der Waals surface area contributed by atoms with E-state index in [0.717, 1.165) is 4.57 Å². The van der Waals surface area contributed by atoms with Crippen LogP contribution in [0.4, 0.5) is 0 Å². The fraction of sp³-hybridized carbons (Fsp3) is 0.167. The number of phenolic OH excluding ortho intramolecular Hbond substituents is 1. The van der Waals surface area contributed by atoms with Gasteiger partial charge >= 0.3 is 0 Å². The van der Waals surface area contributed by atoms with Crippen molar-refractivity contribution in [2.45, 2.75) is 13.8 Å². The molecule has 0 atom stereocenters. The quantitative estimate of drug-likeness (QED) is 0.732. The number of aromatic hydroxyl groups is 3. The van der Waals surface area contributed by atoms with Crippen molar-refractivity contribution in [1.82, 2.24) is 4.57 Å². The molecule has 3 N–H and O–H groups in total. The molecule has 0 aliphatic carbocycles. The van der Waals surface area contributed by atoms with Crippen LogP contribution >= 0.6 is 11.6 Å². The van der Waals surface area contributed by atoms with Crippen LogP contribution in [0.2, 0.25) is 5.02 Å². The lowest BCUT2D eigenvalue weighted by Crippen LogP contribution is -1.93. The van der Waals surface area contributed by atoms with Gasteiger partial charge < -0.3 is 15.3 Å². The second-order valence-corrected chi connectivity index (χ2v) is 4.30. The summed E-state index contributed by atoms with van der Waals surface area (Å²) >= 11 is 5.83. The molecule has 2 aromatic rings. The Balaban J connectivity index is 2.77. The summed E-state index contributed by atoms with van der Waals surface area (Å²) in [5.41, 5.74) is 1.35. The van der Waals surface area contributed by atoms with Crippen LogP contribution in [0.1, 0.15) is 11.1 Å². The van der Waals surface area contributed by atoms with Gasteiger partial charge in [0.05, 0.1) is 5.69 Å². The van der Waals surface area contributed by atoms with Crippen LogP contribution < -0.4 is 0 Å². The highest BCUT2D eigenvalue weighted by Crippen LogP contribution is 2.38. The Hall–Kier alpha value is -1.81. The summed E-state index contributed by atoms with van der Waals surface area (Å²) in [4.78, 5) is 0. The zero-order valence-corrected chi connectivity index (χ0v) is 10.2. The SMILES string of the molecule is Cc1c(C)c(O)n(-c2cc(Cl)ccc2O)c1O. The van der Waals surface area contributed by atoms with Crippen molar-refractivity contribution in [3.8, 4) is 23.2 Å². The topological polar surface area (TPSA) is 65.6 Å². The standard InChI is InChI=1S/C12H12ClNO3/c1-6-7(2)12(17)14(11(6)16)9-5-8(13)3-4-10(9)15/h3-5,15-17H,1-2H3. The average Bonchev–Trinajstić information content (AvgIpc) is 2.48. The van der Waals surface area contributed by atoms with Gasteiger partial charge in [0.1, 0.15) is 5.75 Å². The van der Waals surface area contributed by atoms with Crippen molar-refractivity contribution in [3.05, 3.63) is 34.3 Å². The Morgan fingerprint density at radius 2 is 1.53 bits per heavy atom. The summed E-state index contributed by atoms with van der Waals surface area (Å²) in [6, 6.07) is 4.40. The maximum absolute atomic E-state index is 9.92. The number of nitrogens with zero attached hydrogens (tertiary/aromatic N) is 1. The predicted molar refractivity (Wildman–Crippen MR) is 65.2 cm³/mol. The molecule has 1 heterocycles. The van der Waals surface area contributed by atoms with E-state index in [-0.39, 0.29) is 23.2 Å². The molecule has 90 valence electrons. The number of benzene rings is 1. The first-order valence-corrected chi connectivity index (χ1v) is 5.40. The predicted octanol–water partition coefficient (Wildman–Crippen LogP) is 2.86. The Morgan fingerprint density at radius 1 is 1.00 bits per heavy atom. The van der Waals surface area contributed by atoms with Gasteiger partial charge in [0, 0.05) is 16.1 Å². The first-order valence-electron chi connectivity index (χ1n) is 5.02. The highest BCUT2D eigenvalue weighted by Gasteiger charge is 2.19. The highest BCUT2D eigenvalue weighted by molar-refractivity contribution is 6.30. The molecule has 0 aliphatic rings. The summed E-state index contributed by atoms with van der Waals surface area (Å²) in [6.45, 7) is 3.37. The maximum atomic E-state index is 9.92. The monoisotopic (exact) mass is 253 g/mol. The van der Waals surface area contributed by atoms with E-state index in [9.17, 15) is 15.3 Å². The van der Waals surface area contributed by atoms with E-state index in [1.54, 1.807) is 13.8 Å². The van der Waals surface area contributed by atoms with Gasteiger partial charge in [0.25, 0.3) is 0 Å². The molecule has 0 bridgehead atoms. The van der Waals surface area contributed by atoms with Crippen molar-refractivity contribution >= 4 is 11.6 Å². The van der Waals surface area contributed by atoms with Crippen LogP contribution in [-0.2, 0) is 0 Å². The lowest BCUT2D eigenvalue weighted by molar-refractivity contribution is 0.394.